The summed E-state index contributed by atoms with van der Waals surface area (Å²) in [4.78, 5) is 0. The first-order chi connectivity index (χ1) is 11.7. The van der Waals surface area contributed by atoms with Crippen molar-refractivity contribution in [1.82, 2.24) is 9.78 Å². The maximum Gasteiger partial charge on any atom is 0.137 e. The average molecular weight is 317 g/mol. The van der Waals surface area contributed by atoms with Crippen LogP contribution < -0.4 is 4.74 Å². The number of nitrogens with zero attached hydrogens (tertiary/aromatic N) is 3. The van der Waals surface area contributed by atoms with Crippen LogP contribution in [0.25, 0.3) is 11.3 Å². The third-order valence-electron chi connectivity index (χ3n) is 3.79. The molecule has 0 amide bonds. The van der Waals surface area contributed by atoms with Gasteiger partial charge in [-0.05, 0) is 43.7 Å². The van der Waals surface area contributed by atoms with Gasteiger partial charge in [0.25, 0.3) is 0 Å². The molecule has 0 aliphatic rings. The quantitative estimate of drug-likeness (QED) is 0.692. The molecule has 3 aromatic rings. The van der Waals surface area contributed by atoms with Crippen LogP contribution >= 0.6 is 0 Å². The summed E-state index contributed by atoms with van der Waals surface area (Å²) in [5.74, 6) is 0.598. The van der Waals surface area contributed by atoms with E-state index < -0.39 is 0 Å². The number of benzene rings is 2. The Kier molecular flexibility index (Phi) is 4.62. The van der Waals surface area contributed by atoms with E-state index in [-0.39, 0.29) is 6.04 Å². The first-order valence-electron chi connectivity index (χ1n) is 7.94. The predicted octanol–water partition coefficient (Wildman–Crippen LogP) is 4.58. The van der Waals surface area contributed by atoms with E-state index in [1.54, 1.807) is 6.20 Å². The van der Waals surface area contributed by atoms with Gasteiger partial charge in [0.15, 0.2) is 0 Å². The maximum absolute atomic E-state index is 9.46. The molecule has 3 rings (SSSR count). The third-order valence-corrected chi connectivity index (χ3v) is 3.79. The van der Waals surface area contributed by atoms with E-state index >= 15 is 0 Å². The summed E-state index contributed by atoms with van der Waals surface area (Å²) in [6.07, 6.45) is 1.78. The lowest BCUT2D eigenvalue weighted by Gasteiger charge is -2.13. The standard InChI is InChI=1S/C20H19N3O/c1-15(2)23-19(10-11-22-23)17-8-9-20(18(12-17)13-21)24-14-16-6-4-3-5-7-16/h3-12,15H,14H2,1-2H3. The van der Waals surface area contributed by atoms with Crippen molar-refractivity contribution in [2.45, 2.75) is 26.5 Å². The molecule has 24 heavy (non-hydrogen) atoms. The van der Waals surface area contributed by atoms with Crippen molar-refractivity contribution in [3.05, 3.63) is 71.9 Å². The van der Waals surface area contributed by atoms with Crippen molar-refractivity contribution in [3.63, 3.8) is 0 Å². The zero-order chi connectivity index (χ0) is 16.9. The lowest BCUT2D eigenvalue weighted by Crippen LogP contribution is -2.04. The number of aromatic nitrogens is 2. The van der Waals surface area contributed by atoms with Gasteiger partial charge in [-0.15, -0.1) is 0 Å². The molecule has 0 atom stereocenters. The number of hydrogen-bond donors (Lipinski definition) is 0. The van der Waals surface area contributed by atoms with Gasteiger partial charge < -0.3 is 4.74 Å². The number of nitriles is 1. The fourth-order valence-corrected chi connectivity index (χ4v) is 2.59. The highest BCUT2D eigenvalue weighted by molar-refractivity contribution is 5.64. The van der Waals surface area contributed by atoms with Gasteiger partial charge in [0.2, 0.25) is 0 Å². The highest BCUT2D eigenvalue weighted by Gasteiger charge is 2.11. The molecule has 0 saturated heterocycles. The summed E-state index contributed by atoms with van der Waals surface area (Å²) >= 11 is 0. The van der Waals surface area contributed by atoms with Crippen LogP contribution in [0.5, 0.6) is 5.75 Å². The summed E-state index contributed by atoms with van der Waals surface area (Å²) in [6, 6.07) is 20.0. The molecule has 2 aromatic carbocycles. The van der Waals surface area contributed by atoms with E-state index in [1.165, 1.54) is 0 Å². The first kappa shape index (κ1) is 15.8. The van der Waals surface area contributed by atoms with Crippen LogP contribution in [0.4, 0.5) is 0 Å². The molecule has 0 saturated carbocycles. The average Bonchev–Trinajstić information content (AvgIpc) is 3.11. The van der Waals surface area contributed by atoms with Crippen molar-refractivity contribution in [2.75, 3.05) is 0 Å². The predicted molar refractivity (Wildman–Crippen MR) is 93.5 cm³/mol. The second-order valence-corrected chi connectivity index (χ2v) is 5.85. The van der Waals surface area contributed by atoms with Crippen LogP contribution in [0.1, 0.15) is 31.0 Å². The molecule has 0 unspecified atom stereocenters. The van der Waals surface area contributed by atoms with E-state index in [0.717, 1.165) is 16.8 Å². The zero-order valence-corrected chi connectivity index (χ0v) is 13.8. The van der Waals surface area contributed by atoms with Crippen molar-refractivity contribution in [1.29, 1.82) is 5.26 Å². The normalized spacial score (nSPS) is 10.6. The Hall–Kier alpha value is -3.06. The Balaban J connectivity index is 1.86. The summed E-state index contributed by atoms with van der Waals surface area (Å²) in [5, 5.41) is 13.8. The highest BCUT2D eigenvalue weighted by Crippen LogP contribution is 2.28. The molecule has 1 aromatic heterocycles. The monoisotopic (exact) mass is 317 g/mol. The van der Waals surface area contributed by atoms with Crippen LogP contribution in [0.15, 0.2) is 60.8 Å². The molecule has 4 heteroatoms. The molecule has 0 radical (unpaired) electrons. The minimum Gasteiger partial charge on any atom is -0.488 e. The van der Waals surface area contributed by atoms with Gasteiger partial charge in [0.05, 0.1) is 11.3 Å². The summed E-state index contributed by atoms with van der Waals surface area (Å²) in [7, 11) is 0. The van der Waals surface area contributed by atoms with Gasteiger partial charge in [-0.3, -0.25) is 4.68 Å². The van der Waals surface area contributed by atoms with Crippen LogP contribution in [-0.2, 0) is 6.61 Å². The van der Waals surface area contributed by atoms with Crippen LogP contribution in [-0.4, -0.2) is 9.78 Å². The Morgan fingerprint density at radius 2 is 1.92 bits per heavy atom. The number of rotatable bonds is 5. The summed E-state index contributed by atoms with van der Waals surface area (Å²) < 4.78 is 7.76. The Bertz CT molecular complexity index is 860. The van der Waals surface area contributed by atoms with E-state index in [4.69, 9.17) is 4.74 Å². The van der Waals surface area contributed by atoms with Crippen LogP contribution in [0.3, 0.4) is 0 Å². The van der Waals surface area contributed by atoms with Gasteiger partial charge >= 0.3 is 0 Å². The molecule has 0 bridgehead atoms. The van der Waals surface area contributed by atoms with Crippen molar-refractivity contribution < 1.29 is 4.74 Å². The smallest absolute Gasteiger partial charge is 0.137 e. The Morgan fingerprint density at radius 3 is 2.62 bits per heavy atom. The van der Waals surface area contributed by atoms with Crippen LogP contribution in [0.2, 0.25) is 0 Å². The third kappa shape index (κ3) is 3.31. The fourth-order valence-electron chi connectivity index (χ4n) is 2.59. The lowest BCUT2D eigenvalue weighted by atomic mass is 10.1. The first-order valence-corrected chi connectivity index (χ1v) is 7.94. The van der Waals surface area contributed by atoms with E-state index in [9.17, 15) is 5.26 Å². The fraction of sp³-hybridized carbons (Fsp3) is 0.200. The van der Waals surface area contributed by atoms with Gasteiger partial charge in [0, 0.05) is 17.8 Å². The van der Waals surface area contributed by atoms with Gasteiger partial charge in [-0.2, -0.15) is 10.4 Å². The second-order valence-electron chi connectivity index (χ2n) is 5.85. The molecular formula is C20H19N3O. The minimum absolute atomic E-state index is 0.259. The largest absolute Gasteiger partial charge is 0.488 e. The van der Waals surface area contributed by atoms with Crippen LogP contribution in [0, 0.1) is 11.3 Å². The molecule has 4 nitrogen and oxygen atoms in total. The molecule has 1 heterocycles. The SMILES string of the molecule is CC(C)n1nccc1-c1ccc(OCc2ccccc2)c(C#N)c1. The topological polar surface area (TPSA) is 50.8 Å². The molecule has 0 aliphatic heterocycles. The Morgan fingerprint density at radius 1 is 1.12 bits per heavy atom. The van der Waals surface area contributed by atoms with Crippen molar-refractivity contribution >= 4 is 0 Å². The molecule has 0 fully saturated rings. The maximum atomic E-state index is 9.46. The van der Waals surface area contributed by atoms with Gasteiger partial charge in [-0.1, -0.05) is 30.3 Å². The van der Waals surface area contributed by atoms with E-state index in [0.29, 0.717) is 17.9 Å². The summed E-state index contributed by atoms with van der Waals surface area (Å²) in [5.41, 5.74) is 3.56. The second kappa shape index (κ2) is 7.01. The van der Waals surface area contributed by atoms with E-state index in [1.807, 2.05) is 59.3 Å². The molecule has 120 valence electrons. The summed E-state index contributed by atoms with van der Waals surface area (Å²) in [6.45, 7) is 4.61. The number of ether oxygens (including phenoxy) is 1. The lowest BCUT2D eigenvalue weighted by molar-refractivity contribution is 0.305. The molecular weight excluding hydrogens is 298 g/mol. The number of hydrogen-bond acceptors (Lipinski definition) is 3. The van der Waals surface area contributed by atoms with Crippen molar-refractivity contribution in [3.8, 4) is 23.1 Å². The van der Waals surface area contributed by atoms with Gasteiger partial charge in [-0.25, -0.2) is 0 Å². The molecule has 0 spiro atoms. The van der Waals surface area contributed by atoms with Crippen molar-refractivity contribution in [2.24, 2.45) is 0 Å². The highest BCUT2D eigenvalue weighted by atomic mass is 16.5. The van der Waals surface area contributed by atoms with Gasteiger partial charge in [0.1, 0.15) is 18.4 Å². The molecule has 0 aliphatic carbocycles. The minimum atomic E-state index is 0.259. The zero-order valence-electron chi connectivity index (χ0n) is 13.8. The van der Waals surface area contributed by atoms with E-state index in [2.05, 4.69) is 25.0 Å². The molecule has 0 N–H and O–H groups in total. The Labute approximate surface area is 141 Å².